The fourth-order valence-corrected chi connectivity index (χ4v) is 3.09. The number of methoxy groups -OCH3 is 2. The van der Waals surface area contributed by atoms with Crippen LogP contribution in [-0.2, 0) is 0 Å². The number of nitrogens with zero attached hydrogens (tertiary/aromatic N) is 2. The first-order chi connectivity index (χ1) is 13.3. The summed E-state index contributed by atoms with van der Waals surface area (Å²) in [7, 11) is 3.27. The zero-order chi connectivity index (χ0) is 18.6. The average molecular weight is 356 g/mol. The molecule has 0 amide bonds. The third-order valence-electron chi connectivity index (χ3n) is 4.45. The highest BCUT2D eigenvalue weighted by Gasteiger charge is 2.15. The van der Waals surface area contributed by atoms with Gasteiger partial charge in [0, 0.05) is 23.0 Å². The first-order valence-corrected chi connectivity index (χ1v) is 8.73. The summed E-state index contributed by atoms with van der Waals surface area (Å²) in [5.74, 6) is 2.22. The molecule has 1 heterocycles. The van der Waals surface area contributed by atoms with Gasteiger partial charge in [0.15, 0.2) is 11.5 Å². The highest BCUT2D eigenvalue weighted by Crippen LogP contribution is 2.34. The molecule has 4 nitrogen and oxygen atoms in total. The fraction of sp³-hybridized carbons (Fsp3) is 0.0870. The molecule has 0 fully saturated rings. The molecule has 4 aromatic rings. The van der Waals surface area contributed by atoms with Crippen molar-refractivity contribution in [1.29, 1.82) is 0 Å². The number of hydrogen-bond acceptors (Lipinski definition) is 3. The summed E-state index contributed by atoms with van der Waals surface area (Å²) < 4.78 is 12.9. The first kappa shape index (κ1) is 16.9. The number of imidazole rings is 1. The fourth-order valence-electron chi connectivity index (χ4n) is 3.09. The lowest BCUT2D eigenvalue weighted by Gasteiger charge is -2.11. The minimum Gasteiger partial charge on any atom is -0.493 e. The second-order valence-electron chi connectivity index (χ2n) is 6.09. The summed E-state index contributed by atoms with van der Waals surface area (Å²) in [4.78, 5) is 4.92. The first-order valence-electron chi connectivity index (χ1n) is 8.73. The van der Waals surface area contributed by atoms with Gasteiger partial charge >= 0.3 is 0 Å². The summed E-state index contributed by atoms with van der Waals surface area (Å²) in [5, 5.41) is 0. The van der Waals surface area contributed by atoms with Gasteiger partial charge in [0.05, 0.1) is 19.9 Å². The lowest BCUT2D eigenvalue weighted by Crippen LogP contribution is -1.97. The van der Waals surface area contributed by atoms with Crippen LogP contribution in [-0.4, -0.2) is 23.8 Å². The van der Waals surface area contributed by atoms with E-state index in [-0.39, 0.29) is 0 Å². The Morgan fingerprint density at radius 1 is 0.704 bits per heavy atom. The normalized spacial score (nSPS) is 10.6. The number of ether oxygens (including phenoxy) is 2. The minimum absolute atomic E-state index is 0.680. The highest BCUT2D eigenvalue weighted by atomic mass is 16.5. The number of rotatable bonds is 5. The van der Waals surface area contributed by atoms with E-state index >= 15 is 0 Å². The molecule has 134 valence electrons. The Balaban J connectivity index is 1.90. The maximum Gasteiger partial charge on any atom is 0.161 e. The SMILES string of the molecule is COc1ccc(-c2nc(-c3ccccc3)cn2-c2ccccc2)cc1OC. The van der Waals surface area contributed by atoms with Crippen LogP contribution in [0.25, 0.3) is 28.3 Å². The third kappa shape index (κ3) is 3.29. The molecule has 0 N–H and O–H groups in total. The molecule has 0 saturated carbocycles. The molecule has 4 heteroatoms. The van der Waals surface area contributed by atoms with Crippen molar-refractivity contribution in [3.05, 3.63) is 85.1 Å². The molecular formula is C23H20N2O2. The molecule has 4 rings (SSSR count). The molecule has 0 spiro atoms. The Morgan fingerprint density at radius 2 is 1.37 bits per heavy atom. The number of para-hydroxylation sites is 1. The Bertz CT molecular complexity index is 1040. The smallest absolute Gasteiger partial charge is 0.161 e. The molecule has 0 aliphatic carbocycles. The molecule has 27 heavy (non-hydrogen) atoms. The van der Waals surface area contributed by atoms with Crippen LogP contribution >= 0.6 is 0 Å². The molecule has 0 saturated heterocycles. The van der Waals surface area contributed by atoms with E-state index in [0.717, 1.165) is 28.3 Å². The minimum atomic E-state index is 0.680. The van der Waals surface area contributed by atoms with Crippen molar-refractivity contribution < 1.29 is 9.47 Å². The Hall–Kier alpha value is -3.53. The van der Waals surface area contributed by atoms with Gasteiger partial charge in [0.25, 0.3) is 0 Å². The van der Waals surface area contributed by atoms with Gasteiger partial charge in [-0.3, -0.25) is 4.57 Å². The second kappa shape index (κ2) is 7.38. The topological polar surface area (TPSA) is 36.3 Å². The van der Waals surface area contributed by atoms with E-state index in [9.17, 15) is 0 Å². The van der Waals surface area contributed by atoms with Gasteiger partial charge in [0.2, 0.25) is 0 Å². The lowest BCUT2D eigenvalue weighted by molar-refractivity contribution is 0.355. The summed E-state index contributed by atoms with van der Waals surface area (Å²) in [6.07, 6.45) is 2.07. The molecule has 0 atom stereocenters. The largest absolute Gasteiger partial charge is 0.493 e. The van der Waals surface area contributed by atoms with Crippen LogP contribution in [0.1, 0.15) is 0 Å². The van der Waals surface area contributed by atoms with Gasteiger partial charge < -0.3 is 9.47 Å². The summed E-state index contributed by atoms with van der Waals surface area (Å²) >= 11 is 0. The number of hydrogen-bond donors (Lipinski definition) is 0. The Labute approximate surface area is 158 Å². The molecule has 0 radical (unpaired) electrons. The van der Waals surface area contributed by atoms with Crippen molar-refractivity contribution in [2.75, 3.05) is 14.2 Å². The lowest BCUT2D eigenvalue weighted by atomic mass is 10.1. The molecule has 0 bridgehead atoms. The zero-order valence-electron chi connectivity index (χ0n) is 15.3. The van der Waals surface area contributed by atoms with Crippen molar-refractivity contribution in [2.45, 2.75) is 0 Å². The van der Waals surface area contributed by atoms with Crippen molar-refractivity contribution >= 4 is 0 Å². The molecule has 1 aromatic heterocycles. The van der Waals surface area contributed by atoms with Crippen LogP contribution in [0.15, 0.2) is 85.1 Å². The van der Waals surface area contributed by atoms with Crippen LogP contribution < -0.4 is 9.47 Å². The van der Waals surface area contributed by atoms with Gasteiger partial charge in [-0.25, -0.2) is 4.98 Å². The van der Waals surface area contributed by atoms with Gasteiger partial charge in [-0.1, -0.05) is 48.5 Å². The van der Waals surface area contributed by atoms with E-state index < -0.39 is 0 Å². The van der Waals surface area contributed by atoms with E-state index in [4.69, 9.17) is 14.5 Å². The van der Waals surface area contributed by atoms with E-state index in [1.54, 1.807) is 14.2 Å². The number of aromatic nitrogens is 2. The summed E-state index contributed by atoms with van der Waals surface area (Å²) in [6, 6.07) is 26.2. The maximum atomic E-state index is 5.47. The van der Waals surface area contributed by atoms with Crippen LogP contribution in [0.4, 0.5) is 0 Å². The van der Waals surface area contributed by atoms with Gasteiger partial charge in [-0.15, -0.1) is 0 Å². The van der Waals surface area contributed by atoms with Crippen molar-refractivity contribution in [1.82, 2.24) is 9.55 Å². The predicted octanol–water partition coefficient (Wildman–Crippen LogP) is 5.22. The molecule has 0 aliphatic rings. The summed E-state index contributed by atoms with van der Waals surface area (Å²) in [6.45, 7) is 0. The Morgan fingerprint density at radius 3 is 2.04 bits per heavy atom. The number of benzene rings is 3. The monoisotopic (exact) mass is 356 g/mol. The van der Waals surface area contributed by atoms with E-state index in [0.29, 0.717) is 11.5 Å². The quantitative estimate of drug-likeness (QED) is 0.492. The van der Waals surface area contributed by atoms with Crippen molar-refractivity contribution in [3.63, 3.8) is 0 Å². The molecule has 0 aliphatic heterocycles. The highest BCUT2D eigenvalue weighted by molar-refractivity contribution is 5.69. The standard InChI is InChI=1S/C23H20N2O2/c1-26-21-14-13-18(15-22(21)27-2)23-24-20(17-9-5-3-6-10-17)16-25(23)19-11-7-4-8-12-19/h3-16H,1-2H3. The summed E-state index contributed by atoms with van der Waals surface area (Å²) in [5.41, 5.74) is 4.01. The maximum absolute atomic E-state index is 5.47. The van der Waals surface area contributed by atoms with E-state index in [2.05, 4.69) is 35.0 Å². The van der Waals surface area contributed by atoms with Crippen LogP contribution in [0.5, 0.6) is 11.5 Å². The third-order valence-corrected chi connectivity index (χ3v) is 4.45. The molecular weight excluding hydrogens is 336 g/mol. The van der Waals surface area contributed by atoms with Crippen LogP contribution in [0, 0.1) is 0 Å². The van der Waals surface area contributed by atoms with Gasteiger partial charge in [-0.2, -0.15) is 0 Å². The second-order valence-corrected chi connectivity index (χ2v) is 6.09. The predicted molar refractivity (Wildman–Crippen MR) is 108 cm³/mol. The van der Waals surface area contributed by atoms with Crippen molar-refractivity contribution in [2.24, 2.45) is 0 Å². The van der Waals surface area contributed by atoms with E-state index in [1.807, 2.05) is 54.6 Å². The van der Waals surface area contributed by atoms with Crippen LogP contribution in [0.3, 0.4) is 0 Å². The van der Waals surface area contributed by atoms with Crippen LogP contribution in [0.2, 0.25) is 0 Å². The van der Waals surface area contributed by atoms with Gasteiger partial charge in [0.1, 0.15) is 5.82 Å². The van der Waals surface area contributed by atoms with Gasteiger partial charge in [-0.05, 0) is 30.3 Å². The molecule has 0 unspecified atom stereocenters. The zero-order valence-corrected chi connectivity index (χ0v) is 15.3. The van der Waals surface area contributed by atoms with Crippen molar-refractivity contribution in [3.8, 4) is 39.8 Å². The average Bonchev–Trinajstić information content (AvgIpc) is 3.20. The molecule has 3 aromatic carbocycles. The Kier molecular flexibility index (Phi) is 4.62. The van der Waals surface area contributed by atoms with E-state index in [1.165, 1.54) is 0 Å².